The molecule has 0 aliphatic carbocycles. The summed E-state index contributed by atoms with van der Waals surface area (Å²) >= 11 is 0. The average Bonchev–Trinajstić information content (AvgIpc) is 3.59. The molecule has 8 nitrogen and oxygen atoms in total. The van der Waals surface area contributed by atoms with E-state index in [-0.39, 0.29) is 23.6 Å². The van der Waals surface area contributed by atoms with E-state index in [0.717, 1.165) is 34.9 Å². The SMILES string of the molecule is O=C1CC(C(=O)N2CC[C@H]3CN(C(=O)c4n[nH]c5cc(-c6ccccc6)ccc45)C[C@@H]3CC2)CN1. The van der Waals surface area contributed by atoms with E-state index >= 15 is 0 Å². The van der Waals surface area contributed by atoms with Gasteiger partial charge in [0.15, 0.2) is 5.69 Å². The molecular formula is C27H29N5O3. The third-order valence-electron chi connectivity index (χ3n) is 7.91. The van der Waals surface area contributed by atoms with Crippen molar-refractivity contribution in [1.29, 1.82) is 0 Å². The summed E-state index contributed by atoms with van der Waals surface area (Å²) in [5, 5.41) is 11.1. The van der Waals surface area contributed by atoms with Crippen LogP contribution in [0.3, 0.4) is 0 Å². The van der Waals surface area contributed by atoms with E-state index < -0.39 is 0 Å². The summed E-state index contributed by atoms with van der Waals surface area (Å²) in [6.45, 7) is 3.24. The maximum Gasteiger partial charge on any atom is 0.275 e. The lowest BCUT2D eigenvalue weighted by Crippen LogP contribution is -2.38. The van der Waals surface area contributed by atoms with Crippen LogP contribution >= 0.6 is 0 Å². The van der Waals surface area contributed by atoms with Gasteiger partial charge in [-0.05, 0) is 47.9 Å². The van der Waals surface area contributed by atoms with Gasteiger partial charge in [-0.15, -0.1) is 0 Å². The Morgan fingerprint density at radius 3 is 2.34 bits per heavy atom. The van der Waals surface area contributed by atoms with Crippen molar-refractivity contribution in [3.05, 3.63) is 54.2 Å². The van der Waals surface area contributed by atoms with Crippen LogP contribution in [0.2, 0.25) is 0 Å². The van der Waals surface area contributed by atoms with Crippen LogP contribution in [-0.2, 0) is 9.59 Å². The summed E-state index contributed by atoms with van der Waals surface area (Å²) in [7, 11) is 0. The number of hydrogen-bond donors (Lipinski definition) is 2. The number of rotatable bonds is 3. The van der Waals surface area contributed by atoms with Crippen molar-refractivity contribution in [3.63, 3.8) is 0 Å². The van der Waals surface area contributed by atoms with Gasteiger partial charge in [0, 0.05) is 44.5 Å². The minimum Gasteiger partial charge on any atom is -0.355 e. The Balaban J connectivity index is 1.12. The molecule has 2 N–H and O–H groups in total. The first-order valence-corrected chi connectivity index (χ1v) is 12.4. The zero-order valence-electron chi connectivity index (χ0n) is 19.6. The molecular weight excluding hydrogens is 442 g/mol. The smallest absolute Gasteiger partial charge is 0.275 e. The maximum atomic E-state index is 13.4. The second-order valence-electron chi connectivity index (χ2n) is 10.0. The average molecular weight is 472 g/mol. The highest BCUT2D eigenvalue weighted by Crippen LogP contribution is 2.34. The van der Waals surface area contributed by atoms with Gasteiger partial charge in [-0.25, -0.2) is 0 Å². The van der Waals surface area contributed by atoms with Crippen LogP contribution in [0.4, 0.5) is 0 Å². The Labute approximate surface area is 203 Å². The number of aromatic nitrogens is 2. The number of benzene rings is 2. The number of hydrogen-bond acceptors (Lipinski definition) is 4. The predicted octanol–water partition coefficient (Wildman–Crippen LogP) is 2.68. The number of H-pyrrole nitrogens is 1. The molecule has 4 heterocycles. The van der Waals surface area contributed by atoms with E-state index in [9.17, 15) is 14.4 Å². The topological polar surface area (TPSA) is 98.4 Å². The molecule has 3 fully saturated rings. The Hall–Kier alpha value is -3.68. The van der Waals surface area contributed by atoms with E-state index in [1.807, 2.05) is 46.2 Å². The van der Waals surface area contributed by atoms with Crippen molar-refractivity contribution in [2.24, 2.45) is 17.8 Å². The van der Waals surface area contributed by atoms with Gasteiger partial charge in [-0.1, -0.05) is 36.4 Å². The number of carbonyl (C=O) groups is 3. The van der Waals surface area contributed by atoms with Gasteiger partial charge < -0.3 is 15.1 Å². The molecule has 0 radical (unpaired) electrons. The zero-order chi connectivity index (χ0) is 23.9. The molecule has 1 aromatic heterocycles. The maximum absolute atomic E-state index is 13.4. The molecule has 1 unspecified atom stereocenters. The summed E-state index contributed by atoms with van der Waals surface area (Å²) in [5.74, 6) is 0.569. The molecule has 3 saturated heterocycles. The highest BCUT2D eigenvalue weighted by Gasteiger charge is 2.40. The quantitative estimate of drug-likeness (QED) is 0.614. The highest BCUT2D eigenvalue weighted by molar-refractivity contribution is 6.05. The Morgan fingerprint density at radius 1 is 0.914 bits per heavy atom. The number of aromatic amines is 1. The van der Waals surface area contributed by atoms with E-state index in [1.54, 1.807) is 0 Å². The van der Waals surface area contributed by atoms with Crippen LogP contribution in [-0.4, -0.2) is 70.4 Å². The van der Waals surface area contributed by atoms with Crippen LogP contribution in [0.25, 0.3) is 22.0 Å². The number of carbonyl (C=O) groups excluding carboxylic acids is 3. The van der Waals surface area contributed by atoms with E-state index in [2.05, 4.69) is 27.6 Å². The zero-order valence-corrected chi connectivity index (χ0v) is 19.6. The van der Waals surface area contributed by atoms with Crippen molar-refractivity contribution in [3.8, 4) is 11.1 Å². The van der Waals surface area contributed by atoms with Gasteiger partial charge in [0.2, 0.25) is 11.8 Å². The molecule has 6 rings (SSSR count). The Morgan fingerprint density at radius 2 is 1.66 bits per heavy atom. The van der Waals surface area contributed by atoms with E-state index in [1.165, 1.54) is 0 Å². The Kier molecular flexibility index (Phi) is 5.51. The number of likely N-dealkylation sites (tertiary alicyclic amines) is 2. The second-order valence-corrected chi connectivity index (χ2v) is 10.0. The lowest BCUT2D eigenvalue weighted by Gasteiger charge is -2.24. The van der Waals surface area contributed by atoms with Crippen LogP contribution in [0.5, 0.6) is 0 Å². The molecule has 35 heavy (non-hydrogen) atoms. The number of amides is 3. The molecule has 3 aliphatic heterocycles. The van der Waals surface area contributed by atoms with Gasteiger partial charge in [0.05, 0.1) is 11.4 Å². The summed E-state index contributed by atoms with van der Waals surface area (Å²) in [5.41, 5.74) is 3.55. The third kappa shape index (κ3) is 4.07. The first-order valence-electron chi connectivity index (χ1n) is 12.4. The molecule has 2 aromatic carbocycles. The van der Waals surface area contributed by atoms with Crippen molar-refractivity contribution >= 4 is 28.6 Å². The molecule has 8 heteroatoms. The van der Waals surface area contributed by atoms with Gasteiger partial charge >= 0.3 is 0 Å². The minimum absolute atomic E-state index is 0.0275. The molecule has 3 atom stereocenters. The summed E-state index contributed by atoms with van der Waals surface area (Å²) in [6.07, 6.45) is 2.07. The molecule has 180 valence electrons. The van der Waals surface area contributed by atoms with Gasteiger partial charge in [-0.2, -0.15) is 5.10 Å². The van der Waals surface area contributed by atoms with E-state index in [0.29, 0.717) is 56.7 Å². The summed E-state index contributed by atoms with van der Waals surface area (Å²) in [6, 6.07) is 16.2. The molecule has 0 bridgehead atoms. The van der Waals surface area contributed by atoms with Crippen LogP contribution in [0, 0.1) is 17.8 Å². The van der Waals surface area contributed by atoms with Crippen molar-refractivity contribution in [2.45, 2.75) is 19.3 Å². The van der Waals surface area contributed by atoms with Crippen molar-refractivity contribution in [2.75, 3.05) is 32.7 Å². The number of nitrogens with one attached hydrogen (secondary N) is 2. The molecule has 3 aromatic rings. The fourth-order valence-corrected chi connectivity index (χ4v) is 5.91. The van der Waals surface area contributed by atoms with Gasteiger partial charge in [0.25, 0.3) is 5.91 Å². The van der Waals surface area contributed by atoms with Crippen molar-refractivity contribution < 1.29 is 14.4 Å². The monoisotopic (exact) mass is 471 g/mol. The van der Waals surface area contributed by atoms with Crippen LogP contribution in [0.1, 0.15) is 29.8 Å². The first-order chi connectivity index (χ1) is 17.1. The highest BCUT2D eigenvalue weighted by atomic mass is 16.2. The molecule has 3 aliphatic rings. The van der Waals surface area contributed by atoms with Gasteiger partial charge in [-0.3, -0.25) is 19.5 Å². The van der Waals surface area contributed by atoms with Crippen molar-refractivity contribution in [1.82, 2.24) is 25.3 Å². The first kappa shape index (κ1) is 21.8. The lowest BCUT2D eigenvalue weighted by molar-refractivity contribution is -0.135. The minimum atomic E-state index is -0.228. The van der Waals surface area contributed by atoms with Crippen LogP contribution in [0.15, 0.2) is 48.5 Å². The van der Waals surface area contributed by atoms with E-state index in [4.69, 9.17) is 0 Å². The fraction of sp³-hybridized carbons (Fsp3) is 0.407. The fourth-order valence-electron chi connectivity index (χ4n) is 5.91. The number of fused-ring (bicyclic) bond motifs is 2. The summed E-state index contributed by atoms with van der Waals surface area (Å²) in [4.78, 5) is 41.6. The molecule has 3 amide bonds. The third-order valence-corrected chi connectivity index (χ3v) is 7.91. The van der Waals surface area contributed by atoms with Crippen LogP contribution < -0.4 is 5.32 Å². The molecule has 0 saturated carbocycles. The predicted molar refractivity (Wildman–Crippen MR) is 131 cm³/mol. The second kappa shape index (κ2) is 8.83. The molecule has 0 spiro atoms. The Bertz CT molecular complexity index is 1270. The normalized spacial score (nSPS) is 24.3. The number of nitrogens with zero attached hydrogens (tertiary/aromatic N) is 3. The standard InChI is InChI=1S/C27H29N5O3/c33-24-13-21(14-28-24)26(34)31-10-8-19-15-32(16-20(19)9-11-31)27(35)25-22-7-6-18(12-23(22)29-30-25)17-4-2-1-3-5-17/h1-7,12,19-21H,8-11,13-16H2,(H,28,33)(H,29,30)/t19-,20-,21?/m0/s1. The largest absolute Gasteiger partial charge is 0.355 e. The summed E-state index contributed by atoms with van der Waals surface area (Å²) < 4.78 is 0. The lowest BCUT2D eigenvalue weighted by atomic mass is 9.92. The van der Waals surface area contributed by atoms with Gasteiger partial charge in [0.1, 0.15) is 0 Å².